The minimum atomic E-state index is -0.784. The lowest BCUT2D eigenvalue weighted by Gasteiger charge is -2.08. The molecule has 0 aliphatic heterocycles. The van der Waals surface area contributed by atoms with E-state index in [1.165, 1.54) is 0 Å². The number of carbonyl (C=O) groups is 1. The Hall–Kier alpha value is -1.75. The van der Waals surface area contributed by atoms with Crippen molar-refractivity contribution in [2.45, 2.75) is 6.92 Å². The molecule has 98 valence electrons. The zero-order valence-corrected chi connectivity index (χ0v) is 11.6. The van der Waals surface area contributed by atoms with Crippen molar-refractivity contribution >= 4 is 27.5 Å². The summed E-state index contributed by atoms with van der Waals surface area (Å²) in [4.78, 5) is 11.9. The highest BCUT2D eigenvalue weighted by atomic mass is 79.9. The van der Waals surface area contributed by atoms with Gasteiger partial charge in [-0.1, -0.05) is 6.07 Å². The molecule has 0 spiro atoms. The van der Waals surface area contributed by atoms with Crippen LogP contribution in [0.4, 0.5) is 14.5 Å². The van der Waals surface area contributed by atoms with Gasteiger partial charge in [0, 0.05) is 16.1 Å². The second kappa shape index (κ2) is 5.48. The number of rotatable bonds is 2. The fraction of sp³-hybridized carbons (Fsp3) is 0.0714. The summed E-state index contributed by atoms with van der Waals surface area (Å²) in [5.74, 6) is -2.13. The van der Waals surface area contributed by atoms with Crippen molar-refractivity contribution in [3.8, 4) is 0 Å². The van der Waals surface area contributed by atoms with Crippen LogP contribution in [0.5, 0.6) is 0 Å². The van der Waals surface area contributed by atoms with Gasteiger partial charge in [0.15, 0.2) is 0 Å². The van der Waals surface area contributed by atoms with E-state index >= 15 is 0 Å². The average Bonchev–Trinajstić information content (AvgIpc) is 2.32. The summed E-state index contributed by atoms with van der Waals surface area (Å²) in [7, 11) is 0. The lowest BCUT2D eigenvalue weighted by Crippen LogP contribution is -2.13. The third kappa shape index (κ3) is 3.38. The first-order chi connectivity index (χ1) is 8.95. The summed E-state index contributed by atoms with van der Waals surface area (Å²) in [6.45, 7) is 1.88. The SMILES string of the molecule is Cc1ccc(Br)c(NC(=O)c2cc(F)cc(F)c2)c1. The number of hydrogen-bond acceptors (Lipinski definition) is 1. The van der Waals surface area contributed by atoms with Crippen LogP contribution in [0, 0.1) is 18.6 Å². The maximum Gasteiger partial charge on any atom is 0.255 e. The number of carbonyl (C=O) groups excluding carboxylic acids is 1. The van der Waals surface area contributed by atoms with Crippen molar-refractivity contribution in [2.75, 3.05) is 5.32 Å². The molecule has 0 aliphatic rings. The Labute approximate surface area is 117 Å². The number of nitrogens with one attached hydrogen (secondary N) is 1. The Morgan fingerprint density at radius 3 is 2.37 bits per heavy atom. The number of amides is 1. The third-order valence-electron chi connectivity index (χ3n) is 2.49. The van der Waals surface area contributed by atoms with E-state index in [1.807, 2.05) is 13.0 Å². The monoisotopic (exact) mass is 325 g/mol. The first kappa shape index (κ1) is 13.7. The molecular formula is C14H10BrF2NO. The van der Waals surface area contributed by atoms with E-state index in [1.54, 1.807) is 12.1 Å². The lowest BCUT2D eigenvalue weighted by atomic mass is 10.2. The second-order valence-electron chi connectivity index (χ2n) is 4.10. The fourth-order valence-electron chi connectivity index (χ4n) is 1.61. The van der Waals surface area contributed by atoms with Gasteiger partial charge in [0.2, 0.25) is 0 Å². The molecule has 2 aromatic rings. The van der Waals surface area contributed by atoms with Crippen LogP contribution in [-0.2, 0) is 0 Å². The van der Waals surface area contributed by atoms with Crippen molar-refractivity contribution in [3.05, 3.63) is 63.6 Å². The first-order valence-corrected chi connectivity index (χ1v) is 6.28. The van der Waals surface area contributed by atoms with Crippen molar-refractivity contribution in [1.29, 1.82) is 0 Å². The van der Waals surface area contributed by atoms with E-state index in [-0.39, 0.29) is 5.56 Å². The molecule has 0 saturated heterocycles. The highest BCUT2D eigenvalue weighted by molar-refractivity contribution is 9.10. The minimum Gasteiger partial charge on any atom is -0.321 e. The Balaban J connectivity index is 2.28. The lowest BCUT2D eigenvalue weighted by molar-refractivity contribution is 0.102. The van der Waals surface area contributed by atoms with Crippen molar-refractivity contribution in [1.82, 2.24) is 0 Å². The van der Waals surface area contributed by atoms with E-state index < -0.39 is 17.5 Å². The van der Waals surface area contributed by atoms with Crippen LogP contribution < -0.4 is 5.32 Å². The van der Waals surface area contributed by atoms with Gasteiger partial charge in [0.05, 0.1) is 5.69 Å². The summed E-state index contributed by atoms with van der Waals surface area (Å²) in [6.07, 6.45) is 0. The molecule has 2 nitrogen and oxygen atoms in total. The molecule has 0 aliphatic carbocycles. The molecule has 19 heavy (non-hydrogen) atoms. The highest BCUT2D eigenvalue weighted by Crippen LogP contribution is 2.24. The van der Waals surface area contributed by atoms with Crippen molar-refractivity contribution in [2.24, 2.45) is 0 Å². The van der Waals surface area contributed by atoms with E-state index in [9.17, 15) is 13.6 Å². The summed E-state index contributed by atoms with van der Waals surface area (Å²) in [5.41, 5.74) is 1.45. The number of hydrogen-bond donors (Lipinski definition) is 1. The fourth-order valence-corrected chi connectivity index (χ4v) is 1.96. The van der Waals surface area contributed by atoms with E-state index in [0.717, 1.165) is 23.8 Å². The highest BCUT2D eigenvalue weighted by Gasteiger charge is 2.11. The predicted octanol–water partition coefficient (Wildman–Crippen LogP) is 4.29. The molecule has 1 amide bonds. The molecule has 5 heteroatoms. The van der Waals surface area contributed by atoms with Crippen molar-refractivity contribution < 1.29 is 13.6 Å². The Kier molecular flexibility index (Phi) is 3.95. The molecule has 0 aromatic heterocycles. The van der Waals surface area contributed by atoms with Gasteiger partial charge in [-0.15, -0.1) is 0 Å². The molecule has 0 heterocycles. The molecule has 2 aromatic carbocycles. The molecular weight excluding hydrogens is 316 g/mol. The number of benzene rings is 2. The Morgan fingerprint density at radius 1 is 1.11 bits per heavy atom. The van der Waals surface area contributed by atoms with E-state index in [2.05, 4.69) is 21.2 Å². The van der Waals surface area contributed by atoms with Crippen molar-refractivity contribution in [3.63, 3.8) is 0 Å². The minimum absolute atomic E-state index is 0.0640. The van der Waals surface area contributed by atoms with Gasteiger partial charge in [-0.3, -0.25) is 4.79 Å². The smallest absolute Gasteiger partial charge is 0.255 e. The van der Waals surface area contributed by atoms with Crippen LogP contribution >= 0.6 is 15.9 Å². The molecule has 0 fully saturated rings. The van der Waals surface area contributed by atoms with Gasteiger partial charge in [0.25, 0.3) is 5.91 Å². The van der Waals surface area contributed by atoms with Gasteiger partial charge in [-0.05, 0) is 52.7 Å². The van der Waals surface area contributed by atoms with Gasteiger partial charge in [-0.2, -0.15) is 0 Å². The van der Waals surface area contributed by atoms with Crippen LogP contribution in [0.1, 0.15) is 15.9 Å². The zero-order chi connectivity index (χ0) is 14.0. The predicted molar refractivity (Wildman–Crippen MR) is 73.2 cm³/mol. The summed E-state index contributed by atoms with van der Waals surface area (Å²) in [5, 5.41) is 2.60. The quantitative estimate of drug-likeness (QED) is 0.876. The Morgan fingerprint density at radius 2 is 1.74 bits per heavy atom. The molecule has 0 radical (unpaired) electrons. The van der Waals surface area contributed by atoms with Crippen LogP contribution in [0.15, 0.2) is 40.9 Å². The topological polar surface area (TPSA) is 29.1 Å². The van der Waals surface area contributed by atoms with Gasteiger partial charge >= 0.3 is 0 Å². The average molecular weight is 326 g/mol. The van der Waals surface area contributed by atoms with Crippen LogP contribution in [0.25, 0.3) is 0 Å². The Bertz CT molecular complexity index is 623. The summed E-state index contributed by atoms with van der Waals surface area (Å²) in [6, 6.07) is 8.12. The molecule has 0 bridgehead atoms. The van der Waals surface area contributed by atoms with Crippen LogP contribution in [-0.4, -0.2) is 5.91 Å². The third-order valence-corrected chi connectivity index (χ3v) is 3.19. The number of aryl methyl sites for hydroxylation is 1. The molecule has 1 N–H and O–H groups in total. The normalized spacial score (nSPS) is 10.3. The van der Waals surface area contributed by atoms with E-state index in [0.29, 0.717) is 10.2 Å². The molecule has 0 unspecified atom stereocenters. The molecule has 2 rings (SSSR count). The van der Waals surface area contributed by atoms with Crippen LogP contribution in [0.3, 0.4) is 0 Å². The largest absolute Gasteiger partial charge is 0.321 e. The number of halogens is 3. The first-order valence-electron chi connectivity index (χ1n) is 5.49. The summed E-state index contributed by atoms with van der Waals surface area (Å²) >= 11 is 3.30. The van der Waals surface area contributed by atoms with Gasteiger partial charge in [-0.25, -0.2) is 8.78 Å². The standard InChI is InChI=1S/C14H10BrF2NO/c1-8-2-3-12(15)13(4-8)18-14(19)9-5-10(16)7-11(17)6-9/h2-7H,1H3,(H,18,19). The number of anilines is 1. The molecule has 0 atom stereocenters. The van der Waals surface area contributed by atoms with Gasteiger partial charge in [0.1, 0.15) is 11.6 Å². The second-order valence-corrected chi connectivity index (χ2v) is 4.95. The van der Waals surface area contributed by atoms with Crippen LogP contribution in [0.2, 0.25) is 0 Å². The molecule has 0 saturated carbocycles. The van der Waals surface area contributed by atoms with Gasteiger partial charge < -0.3 is 5.32 Å². The summed E-state index contributed by atoms with van der Waals surface area (Å²) < 4.78 is 26.8. The zero-order valence-electron chi connectivity index (χ0n) is 10.0. The van der Waals surface area contributed by atoms with E-state index in [4.69, 9.17) is 0 Å². The maximum atomic E-state index is 13.0. The maximum absolute atomic E-state index is 13.0.